The number of alkyl halides is 1. The number of aliphatic hydroxyl groups is 3. The van der Waals surface area contributed by atoms with Gasteiger partial charge in [-0.05, 0) is 69.9 Å². The summed E-state index contributed by atoms with van der Waals surface area (Å²) in [5.74, 6) is -0.837. The maximum Gasteiger partial charge on any atom is 0.345 e. The van der Waals surface area contributed by atoms with Crippen LogP contribution < -0.4 is 0 Å². The Kier molecular flexibility index (Phi) is 9.44. The Morgan fingerprint density at radius 1 is 1.32 bits per heavy atom. The van der Waals surface area contributed by atoms with Crippen LogP contribution in [0.25, 0.3) is 0 Å². The van der Waals surface area contributed by atoms with Crippen LogP contribution in [0.4, 0.5) is 0 Å². The summed E-state index contributed by atoms with van der Waals surface area (Å²) in [5, 5.41) is 38.6. The number of thiophene rings is 1. The van der Waals surface area contributed by atoms with E-state index in [9.17, 15) is 20.1 Å². The summed E-state index contributed by atoms with van der Waals surface area (Å²) in [6, 6.07) is 3.49. The van der Waals surface area contributed by atoms with E-state index in [2.05, 4.69) is 0 Å². The Bertz CT molecular complexity index is 644. The van der Waals surface area contributed by atoms with Gasteiger partial charge in [0.05, 0.1) is 18.3 Å². The first-order valence-corrected chi connectivity index (χ1v) is 11.2. The molecule has 1 fully saturated rings. The van der Waals surface area contributed by atoms with Crippen molar-refractivity contribution in [3.63, 3.8) is 0 Å². The van der Waals surface area contributed by atoms with Crippen LogP contribution in [0.2, 0.25) is 0 Å². The number of carboxylic acids is 1. The van der Waals surface area contributed by atoms with Crippen molar-refractivity contribution in [2.75, 3.05) is 0 Å². The molecule has 1 saturated carbocycles. The van der Waals surface area contributed by atoms with Gasteiger partial charge in [-0.15, -0.1) is 22.9 Å². The Morgan fingerprint density at radius 3 is 2.71 bits per heavy atom. The van der Waals surface area contributed by atoms with Crippen LogP contribution in [0.15, 0.2) is 24.3 Å². The fraction of sp³-hybridized carbons (Fsp3) is 0.667. The first-order valence-electron chi connectivity index (χ1n) is 9.96. The molecule has 0 saturated heterocycles. The van der Waals surface area contributed by atoms with Crippen LogP contribution in [0.1, 0.15) is 60.0 Å². The zero-order valence-corrected chi connectivity index (χ0v) is 17.8. The maximum atomic E-state index is 11.0. The van der Waals surface area contributed by atoms with Crippen LogP contribution in [-0.2, 0) is 6.42 Å². The fourth-order valence-corrected chi connectivity index (χ4v) is 5.21. The average molecular weight is 431 g/mol. The molecule has 1 aliphatic rings. The lowest BCUT2D eigenvalue weighted by molar-refractivity contribution is 0.0702. The molecule has 1 aromatic heterocycles. The Labute approximate surface area is 175 Å². The van der Waals surface area contributed by atoms with Crippen molar-refractivity contribution in [1.29, 1.82) is 0 Å². The van der Waals surface area contributed by atoms with Crippen molar-refractivity contribution in [1.82, 2.24) is 0 Å². The number of halogens is 1. The third-order valence-electron chi connectivity index (χ3n) is 5.38. The molecule has 1 aliphatic carbocycles. The summed E-state index contributed by atoms with van der Waals surface area (Å²) in [6.45, 7) is 1.74. The lowest BCUT2D eigenvalue weighted by Crippen LogP contribution is -2.19. The van der Waals surface area contributed by atoms with Gasteiger partial charge in [-0.2, -0.15) is 0 Å². The highest BCUT2D eigenvalue weighted by Crippen LogP contribution is 2.40. The van der Waals surface area contributed by atoms with E-state index in [0.29, 0.717) is 24.1 Å². The van der Waals surface area contributed by atoms with Crippen LogP contribution in [-0.4, -0.2) is 50.1 Å². The first-order chi connectivity index (χ1) is 13.3. The summed E-state index contributed by atoms with van der Waals surface area (Å²) in [4.78, 5) is 12.4. The largest absolute Gasteiger partial charge is 0.477 e. The Balaban J connectivity index is 1.84. The lowest BCUT2D eigenvalue weighted by atomic mass is 9.89. The van der Waals surface area contributed by atoms with Crippen molar-refractivity contribution in [2.45, 2.75) is 75.6 Å². The number of rotatable bonds is 11. The van der Waals surface area contributed by atoms with Crippen molar-refractivity contribution in [2.24, 2.45) is 11.8 Å². The minimum atomic E-state index is -0.895. The SMILES string of the molecule is C[C@@H](O)CCC[C@H](O)C=C[C@H]1[C@@H](CCCc2ccc(C(=O)O)s2)[C@@H](Cl)C[C@H]1O. The van der Waals surface area contributed by atoms with Gasteiger partial charge in [-0.25, -0.2) is 4.79 Å². The second kappa shape index (κ2) is 11.3. The van der Waals surface area contributed by atoms with E-state index in [1.807, 2.05) is 12.1 Å². The molecule has 28 heavy (non-hydrogen) atoms. The second-order valence-electron chi connectivity index (χ2n) is 7.76. The highest BCUT2D eigenvalue weighted by atomic mass is 35.5. The summed E-state index contributed by atoms with van der Waals surface area (Å²) in [5.41, 5.74) is 0. The van der Waals surface area contributed by atoms with E-state index in [1.54, 1.807) is 19.1 Å². The third-order valence-corrected chi connectivity index (χ3v) is 7.02. The Morgan fingerprint density at radius 2 is 2.07 bits per heavy atom. The predicted molar refractivity (Wildman–Crippen MR) is 112 cm³/mol. The minimum Gasteiger partial charge on any atom is -0.477 e. The van der Waals surface area contributed by atoms with Gasteiger partial charge < -0.3 is 20.4 Å². The van der Waals surface area contributed by atoms with E-state index in [4.69, 9.17) is 16.7 Å². The molecule has 0 aromatic carbocycles. The highest BCUT2D eigenvalue weighted by Gasteiger charge is 2.39. The van der Waals surface area contributed by atoms with E-state index in [1.165, 1.54) is 11.3 Å². The summed E-state index contributed by atoms with van der Waals surface area (Å²) >= 11 is 7.77. The zero-order valence-electron chi connectivity index (χ0n) is 16.2. The highest BCUT2D eigenvalue weighted by molar-refractivity contribution is 7.13. The summed E-state index contributed by atoms with van der Waals surface area (Å²) < 4.78 is 0. The van der Waals surface area contributed by atoms with Gasteiger partial charge in [0.25, 0.3) is 0 Å². The normalized spacial score (nSPS) is 27.3. The van der Waals surface area contributed by atoms with E-state index in [0.717, 1.165) is 30.6 Å². The zero-order chi connectivity index (χ0) is 20.7. The van der Waals surface area contributed by atoms with E-state index in [-0.39, 0.29) is 23.3 Å². The van der Waals surface area contributed by atoms with Crippen LogP contribution >= 0.6 is 22.9 Å². The van der Waals surface area contributed by atoms with Crippen LogP contribution in [0.5, 0.6) is 0 Å². The molecular weight excluding hydrogens is 400 g/mol. The van der Waals surface area contributed by atoms with E-state index >= 15 is 0 Å². The molecule has 1 heterocycles. The molecule has 1 aromatic rings. The number of carbonyl (C=O) groups is 1. The quantitative estimate of drug-likeness (QED) is 0.316. The second-order valence-corrected chi connectivity index (χ2v) is 9.48. The average Bonchev–Trinajstić information content (AvgIpc) is 3.18. The van der Waals surface area contributed by atoms with Crippen molar-refractivity contribution in [3.8, 4) is 0 Å². The summed E-state index contributed by atoms with van der Waals surface area (Å²) in [7, 11) is 0. The fourth-order valence-electron chi connectivity index (χ4n) is 3.85. The number of aromatic carboxylic acids is 1. The van der Waals surface area contributed by atoms with Gasteiger partial charge in [0.1, 0.15) is 4.88 Å². The van der Waals surface area contributed by atoms with Gasteiger partial charge in [0.15, 0.2) is 0 Å². The van der Waals surface area contributed by atoms with Gasteiger partial charge >= 0.3 is 5.97 Å². The van der Waals surface area contributed by atoms with Gasteiger partial charge in [-0.1, -0.05) is 12.2 Å². The molecule has 6 atom stereocenters. The first kappa shape index (κ1) is 23.4. The van der Waals surface area contributed by atoms with Crippen LogP contribution in [0, 0.1) is 11.8 Å². The van der Waals surface area contributed by atoms with Gasteiger partial charge in [0, 0.05) is 16.2 Å². The molecular formula is C21H31ClO5S. The van der Waals surface area contributed by atoms with Crippen molar-refractivity contribution >= 4 is 28.9 Å². The number of aliphatic hydroxyl groups excluding tert-OH is 3. The third kappa shape index (κ3) is 7.16. The molecule has 7 heteroatoms. The van der Waals surface area contributed by atoms with Crippen molar-refractivity contribution < 1.29 is 25.2 Å². The number of aryl methyl sites for hydroxylation is 1. The molecule has 0 radical (unpaired) electrons. The van der Waals surface area contributed by atoms with Crippen molar-refractivity contribution in [3.05, 3.63) is 34.0 Å². The molecule has 0 aliphatic heterocycles. The topological polar surface area (TPSA) is 98.0 Å². The molecule has 0 unspecified atom stereocenters. The predicted octanol–water partition coefficient (Wildman–Crippen LogP) is 3.84. The lowest BCUT2D eigenvalue weighted by Gasteiger charge is -2.21. The molecule has 2 rings (SSSR count). The van der Waals surface area contributed by atoms with Gasteiger partial charge in [-0.3, -0.25) is 0 Å². The number of hydrogen-bond donors (Lipinski definition) is 4. The standard InChI is InChI=1S/C21H31ClO5S/c1-13(23)4-2-5-14(24)8-10-17-16(18(22)12-19(17)25)7-3-6-15-9-11-20(28-15)21(26)27/h8-11,13-14,16-19,23-25H,2-7,12H2,1H3,(H,26,27)/t13-,14+,16-,17+,18+,19-/m1/s1. The smallest absolute Gasteiger partial charge is 0.345 e. The molecule has 158 valence electrons. The van der Waals surface area contributed by atoms with Crippen LogP contribution in [0.3, 0.4) is 0 Å². The molecule has 4 N–H and O–H groups in total. The molecule has 0 amide bonds. The van der Waals surface area contributed by atoms with E-state index < -0.39 is 18.2 Å². The Hall–Kier alpha value is -0.920. The molecule has 0 bridgehead atoms. The molecule has 5 nitrogen and oxygen atoms in total. The minimum absolute atomic E-state index is 0.0770. The van der Waals surface area contributed by atoms with Gasteiger partial charge in [0.2, 0.25) is 0 Å². The monoisotopic (exact) mass is 430 g/mol. The molecule has 0 spiro atoms. The maximum absolute atomic E-state index is 11.0. The summed E-state index contributed by atoms with van der Waals surface area (Å²) in [6.07, 6.45) is 7.26. The number of hydrogen-bond acceptors (Lipinski definition) is 5. The number of carboxylic acid groups (broad SMARTS) is 1.